The molecule has 1 aromatic rings. The number of amides is 1. The van der Waals surface area contributed by atoms with Crippen molar-refractivity contribution in [1.82, 2.24) is 5.32 Å². The molecule has 0 saturated heterocycles. The summed E-state index contributed by atoms with van der Waals surface area (Å²) in [5.41, 5.74) is 0. The molecule has 7 heteroatoms. The molecule has 0 fully saturated rings. The van der Waals surface area contributed by atoms with Gasteiger partial charge in [0.15, 0.2) is 6.10 Å². The number of halogens is 1. The highest BCUT2D eigenvalue weighted by atomic mass is 35.7. The van der Waals surface area contributed by atoms with Crippen molar-refractivity contribution in [2.24, 2.45) is 5.92 Å². The number of carbonyl (C=O) groups is 1. The third-order valence-corrected chi connectivity index (χ3v) is 3.84. The number of hydrogen-bond acceptors (Lipinski definition) is 4. The summed E-state index contributed by atoms with van der Waals surface area (Å²) in [6.45, 7) is 6.20. The molecule has 0 saturated carbocycles. The Morgan fingerprint density at radius 2 is 1.80 bits per heavy atom. The summed E-state index contributed by atoms with van der Waals surface area (Å²) in [4.78, 5) is 11.7. The number of hydrogen-bond donors (Lipinski definition) is 1. The lowest BCUT2D eigenvalue weighted by Crippen LogP contribution is -2.38. The van der Waals surface area contributed by atoms with E-state index in [1.165, 1.54) is 24.3 Å². The van der Waals surface area contributed by atoms with Crippen LogP contribution in [0.15, 0.2) is 29.2 Å². The highest BCUT2D eigenvalue weighted by Crippen LogP contribution is 2.19. The van der Waals surface area contributed by atoms with Gasteiger partial charge in [-0.05, 0) is 37.1 Å². The van der Waals surface area contributed by atoms with E-state index in [1.807, 2.05) is 13.8 Å². The molecule has 1 aromatic carbocycles. The van der Waals surface area contributed by atoms with Gasteiger partial charge in [0.25, 0.3) is 15.0 Å². The van der Waals surface area contributed by atoms with E-state index in [4.69, 9.17) is 15.4 Å². The van der Waals surface area contributed by atoms with E-state index in [0.717, 1.165) is 0 Å². The number of nitrogens with one attached hydrogen (secondary N) is 1. The zero-order chi connectivity index (χ0) is 15.3. The van der Waals surface area contributed by atoms with Crippen LogP contribution in [0.3, 0.4) is 0 Å². The highest BCUT2D eigenvalue weighted by molar-refractivity contribution is 8.13. The van der Waals surface area contributed by atoms with E-state index >= 15 is 0 Å². The molecule has 0 aromatic heterocycles. The van der Waals surface area contributed by atoms with Crippen molar-refractivity contribution >= 4 is 25.6 Å². The van der Waals surface area contributed by atoms with Crippen LogP contribution in [-0.4, -0.2) is 27.0 Å². The van der Waals surface area contributed by atoms with Crippen molar-refractivity contribution in [1.29, 1.82) is 0 Å². The molecule has 1 amide bonds. The van der Waals surface area contributed by atoms with Crippen LogP contribution in [0.4, 0.5) is 0 Å². The van der Waals surface area contributed by atoms with Gasteiger partial charge in [-0.2, -0.15) is 0 Å². The first-order valence-electron chi connectivity index (χ1n) is 6.19. The third-order valence-electron chi connectivity index (χ3n) is 2.47. The average molecular weight is 320 g/mol. The first-order valence-corrected chi connectivity index (χ1v) is 8.50. The van der Waals surface area contributed by atoms with Crippen molar-refractivity contribution in [3.8, 4) is 5.75 Å². The lowest BCUT2D eigenvalue weighted by Gasteiger charge is -2.15. The maximum Gasteiger partial charge on any atom is 0.261 e. The van der Waals surface area contributed by atoms with Crippen molar-refractivity contribution in [3.63, 3.8) is 0 Å². The summed E-state index contributed by atoms with van der Waals surface area (Å²) in [6, 6.07) is 5.58. The van der Waals surface area contributed by atoms with E-state index in [9.17, 15) is 13.2 Å². The molecule has 0 spiro atoms. The number of rotatable bonds is 6. The second kappa shape index (κ2) is 6.95. The molecule has 0 aliphatic heterocycles. The second-order valence-electron chi connectivity index (χ2n) is 4.81. The monoisotopic (exact) mass is 319 g/mol. The van der Waals surface area contributed by atoms with Crippen LogP contribution >= 0.6 is 10.7 Å². The molecule has 20 heavy (non-hydrogen) atoms. The fourth-order valence-corrected chi connectivity index (χ4v) is 2.16. The van der Waals surface area contributed by atoms with E-state index in [-0.39, 0.29) is 10.8 Å². The maximum atomic E-state index is 11.7. The fourth-order valence-electron chi connectivity index (χ4n) is 1.39. The van der Waals surface area contributed by atoms with Crippen molar-refractivity contribution in [3.05, 3.63) is 24.3 Å². The van der Waals surface area contributed by atoms with Crippen LogP contribution in [-0.2, 0) is 13.8 Å². The van der Waals surface area contributed by atoms with E-state index in [2.05, 4.69) is 5.32 Å². The lowest BCUT2D eigenvalue weighted by molar-refractivity contribution is -0.127. The minimum absolute atomic E-state index is 0.0107. The molecular weight excluding hydrogens is 302 g/mol. The smallest absolute Gasteiger partial charge is 0.261 e. The lowest BCUT2D eigenvalue weighted by atomic mass is 10.2. The summed E-state index contributed by atoms with van der Waals surface area (Å²) in [5, 5.41) is 2.76. The standard InChI is InChI=1S/C13H18ClNO4S/c1-9(2)8-15-13(16)10(3)19-11-4-6-12(7-5-11)20(14,17)18/h4-7,9-10H,8H2,1-3H3,(H,15,16). The first-order chi connectivity index (χ1) is 9.20. The average Bonchev–Trinajstić information content (AvgIpc) is 2.35. The third kappa shape index (κ3) is 5.38. The minimum Gasteiger partial charge on any atom is -0.481 e. The minimum atomic E-state index is -3.75. The van der Waals surface area contributed by atoms with E-state index in [0.29, 0.717) is 18.2 Å². The zero-order valence-corrected chi connectivity index (χ0v) is 13.2. The van der Waals surface area contributed by atoms with Gasteiger partial charge >= 0.3 is 0 Å². The summed E-state index contributed by atoms with van der Waals surface area (Å²) < 4.78 is 27.6. The summed E-state index contributed by atoms with van der Waals surface area (Å²) >= 11 is 0. The number of carbonyl (C=O) groups excluding carboxylic acids is 1. The zero-order valence-electron chi connectivity index (χ0n) is 11.6. The Bertz CT molecular complexity index is 554. The van der Waals surface area contributed by atoms with Crippen molar-refractivity contribution < 1.29 is 17.9 Å². The second-order valence-corrected chi connectivity index (χ2v) is 7.37. The van der Waals surface area contributed by atoms with Crippen molar-refractivity contribution in [2.45, 2.75) is 31.8 Å². The van der Waals surface area contributed by atoms with Crippen molar-refractivity contribution in [2.75, 3.05) is 6.54 Å². The van der Waals surface area contributed by atoms with Crippen LogP contribution in [0.2, 0.25) is 0 Å². The molecule has 1 rings (SSSR count). The first kappa shape index (κ1) is 16.8. The highest BCUT2D eigenvalue weighted by Gasteiger charge is 2.15. The Morgan fingerprint density at radius 1 is 1.25 bits per heavy atom. The molecule has 1 N–H and O–H groups in total. The van der Waals surface area contributed by atoms with Crippen LogP contribution in [0.25, 0.3) is 0 Å². The molecule has 0 aliphatic rings. The Kier molecular flexibility index (Phi) is 5.83. The van der Waals surface area contributed by atoms with Crippen LogP contribution in [0.1, 0.15) is 20.8 Å². The van der Waals surface area contributed by atoms with Crippen LogP contribution < -0.4 is 10.1 Å². The van der Waals surface area contributed by atoms with Gasteiger partial charge in [0, 0.05) is 17.2 Å². The molecule has 1 unspecified atom stereocenters. The van der Waals surface area contributed by atoms with Gasteiger partial charge in [-0.15, -0.1) is 0 Å². The normalized spacial score (nSPS) is 13.1. The molecule has 0 heterocycles. The SMILES string of the molecule is CC(C)CNC(=O)C(C)Oc1ccc(S(=O)(=O)Cl)cc1. The number of benzene rings is 1. The van der Waals surface area contributed by atoms with Crippen LogP contribution in [0, 0.1) is 5.92 Å². The molecule has 1 atom stereocenters. The number of ether oxygens (including phenoxy) is 1. The summed E-state index contributed by atoms with van der Waals surface area (Å²) in [7, 11) is 1.46. The van der Waals surface area contributed by atoms with E-state index < -0.39 is 15.2 Å². The molecule has 0 aliphatic carbocycles. The van der Waals surface area contributed by atoms with E-state index in [1.54, 1.807) is 6.92 Å². The van der Waals surface area contributed by atoms with Gasteiger partial charge in [0.05, 0.1) is 4.90 Å². The predicted molar refractivity (Wildman–Crippen MR) is 77.4 cm³/mol. The molecule has 0 bridgehead atoms. The van der Waals surface area contributed by atoms with Gasteiger partial charge in [0.2, 0.25) is 0 Å². The molecular formula is C13H18ClNO4S. The maximum absolute atomic E-state index is 11.7. The Labute approximate surface area is 123 Å². The fraction of sp³-hybridized carbons (Fsp3) is 0.462. The van der Waals surface area contributed by atoms with Gasteiger partial charge < -0.3 is 10.1 Å². The Morgan fingerprint density at radius 3 is 2.25 bits per heavy atom. The Balaban J connectivity index is 2.62. The molecule has 5 nitrogen and oxygen atoms in total. The largest absolute Gasteiger partial charge is 0.481 e. The van der Waals surface area contributed by atoms with Gasteiger partial charge in [0.1, 0.15) is 5.75 Å². The quantitative estimate of drug-likeness (QED) is 0.815. The summed E-state index contributed by atoms with van der Waals surface area (Å²) in [6.07, 6.45) is -0.660. The Hall–Kier alpha value is -1.27. The molecule has 0 radical (unpaired) electrons. The molecule has 112 valence electrons. The van der Waals surface area contributed by atoms with Crippen LogP contribution in [0.5, 0.6) is 5.75 Å². The summed E-state index contributed by atoms with van der Waals surface area (Å²) in [5.74, 6) is 0.549. The van der Waals surface area contributed by atoms with Gasteiger partial charge in [-0.25, -0.2) is 8.42 Å². The predicted octanol–water partition coefficient (Wildman–Crippen LogP) is 2.15. The van der Waals surface area contributed by atoms with Gasteiger partial charge in [-0.1, -0.05) is 13.8 Å². The topological polar surface area (TPSA) is 72.5 Å². The van der Waals surface area contributed by atoms with Gasteiger partial charge in [-0.3, -0.25) is 4.79 Å².